The molecule has 0 N–H and O–H groups in total. The molecule has 0 spiro atoms. The summed E-state index contributed by atoms with van der Waals surface area (Å²) >= 11 is 5.87. The lowest BCUT2D eigenvalue weighted by molar-refractivity contribution is -0.121. The molecule has 1 aromatic rings. The lowest BCUT2D eigenvalue weighted by Crippen LogP contribution is -2.18. The molecule has 1 unspecified atom stereocenters. The van der Waals surface area contributed by atoms with Gasteiger partial charge in [0.25, 0.3) is 0 Å². The normalized spacial score (nSPS) is 22.0. The summed E-state index contributed by atoms with van der Waals surface area (Å²) in [5.74, 6) is -1.17. The smallest absolute Gasteiger partial charge is 0.151 e. The Balaban J connectivity index is 2.10. The minimum absolute atomic E-state index is 0.0171. The molecule has 0 bridgehead atoms. The van der Waals surface area contributed by atoms with Crippen molar-refractivity contribution in [2.75, 3.05) is 11.5 Å². The van der Waals surface area contributed by atoms with Crippen LogP contribution in [0.3, 0.4) is 0 Å². The van der Waals surface area contributed by atoms with Crippen molar-refractivity contribution >= 4 is 27.2 Å². The molecule has 1 heterocycles. The molecular formula is C12H12ClFO3S. The molecule has 1 aromatic carbocycles. The molecule has 0 radical (unpaired) electrons. The fourth-order valence-corrected chi connectivity index (χ4v) is 4.02. The molecule has 98 valence electrons. The highest BCUT2D eigenvalue weighted by atomic mass is 35.5. The van der Waals surface area contributed by atoms with E-state index in [1.165, 1.54) is 18.2 Å². The van der Waals surface area contributed by atoms with Gasteiger partial charge in [-0.25, -0.2) is 12.8 Å². The summed E-state index contributed by atoms with van der Waals surface area (Å²) in [4.78, 5) is 11.9. The van der Waals surface area contributed by atoms with E-state index in [-0.39, 0.29) is 23.7 Å². The van der Waals surface area contributed by atoms with Crippen LogP contribution in [0.4, 0.5) is 4.39 Å². The average Bonchev–Trinajstić information content (AvgIpc) is 2.64. The first-order valence-corrected chi connectivity index (χ1v) is 7.74. The van der Waals surface area contributed by atoms with Crippen molar-refractivity contribution in [3.63, 3.8) is 0 Å². The first-order valence-electron chi connectivity index (χ1n) is 5.54. The molecule has 1 aliphatic rings. The van der Waals surface area contributed by atoms with E-state index in [4.69, 9.17) is 11.6 Å². The van der Waals surface area contributed by atoms with Crippen LogP contribution in [0.2, 0.25) is 5.02 Å². The number of Topliss-reactive ketones (excluding diaryl/α,β-unsaturated/α-hetero) is 1. The van der Waals surface area contributed by atoms with Gasteiger partial charge < -0.3 is 0 Å². The largest absolute Gasteiger partial charge is 0.299 e. The van der Waals surface area contributed by atoms with Gasteiger partial charge in [0.2, 0.25) is 0 Å². The third-order valence-corrected chi connectivity index (χ3v) is 5.20. The Morgan fingerprint density at radius 3 is 2.78 bits per heavy atom. The number of rotatable bonds is 3. The first kappa shape index (κ1) is 13.5. The molecule has 1 aliphatic heterocycles. The lowest BCUT2D eigenvalue weighted by Gasteiger charge is -2.08. The van der Waals surface area contributed by atoms with Crippen molar-refractivity contribution in [3.05, 3.63) is 34.6 Å². The van der Waals surface area contributed by atoms with Crippen LogP contribution in [0.5, 0.6) is 0 Å². The zero-order valence-electron chi connectivity index (χ0n) is 9.53. The van der Waals surface area contributed by atoms with Crippen LogP contribution in [-0.4, -0.2) is 25.7 Å². The summed E-state index contributed by atoms with van der Waals surface area (Å²) in [7, 11) is -3.08. The Labute approximate surface area is 110 Å². The summed E-state index contributed by atoms with van der Waals surface area (Å²) < 4.78 is 35.6. The van der Waals surface area contributed by atoms with Crippen LogP contribution in [0.1, 0.15) is 12.0 Å². The van der Waals surface area contributed by atoms with Gasteiger partial charge in [-0.15, -0.1) is 0 Å². The summed E-state index contributed by atoms with van der Waals surface area (Å²) in [5, 5.41) is 0.325. The predicted octanol–water partition coefficient (Wildman–Crippen LogP) is 2.03. The van der Waals surface area contributed by atoms with E-state index in [9.17, 15) is 17.6 Å². The van der Waals surface area contributed by atoms with Crippen LogP contribution in [-0.2, 0) is 21.1 Å². The third-order valence-electron chi connectivity index (χ3n) is 3.06. The maximum absolute atomic E-state index is 13.0. The molecular weight excluding hydrogens is 279 g/mol. The SMILES string of the molecule is O=C(Cc1cc(F)ccc1Cl)C1CCS(=O)(=O)C1. The highest BCUT2D eigenvalue weighted by molar-refractivity contribution is 7.91. The van der Waals surface area contributed by atoms with Crippen LogP contribution < -0.4 is 0 Å². The highest BCUT2D eigenvalue weighted by Gasteiger charge is 2.32. The van der Waals surface area contributed by atoms with E-state index in [2.05, 4.69) is 0 Å². The first-order chi connectivity index (χ1) is 8.37. The van der Waals surface area contributed by atoms with E-state index >= 15 is 0 Å². The molecule has 18 heavy (non-hydrogen) atoms. The number of sulfone groups is 1. The second-order valence-electron chi connectivity index (χ2n) is 4.48. The number of benzene rings is 1. The molecule has 1 fully saturated rings. The van der Waals surface area contributed by atoms with Crippen LogP contribution in [0.15, 0.2) is 18.2 Å². The number of halogens is 2. The van der Waals surface area contributed by atoms with Gasteiger partial charge in [0.05, 0.1) is 11.5 Å². The Hall–Kier alpha value is -0.940. The second-order valence-corrected chi connectivity index (χ2v) is 7.11. The Morgan fingerprint density at radius 2 is 2.17 bits per heavy atom. The minimum Gasteiger partial charge on any atom is -0.299 e. The zero-order valence-corrected chi connectivity index (χ0v) is 11.1. The fraction of sp³-hybridized carbons (Fsp3) is 0.417. The summed E-state index contributed by atoms with van der Waals surface area (Å²) in [6.07, 6.45) is 0.338. The fourth-order valence-electron chi connectivity index (χ4n) is 2.06. The maximum Gasteiger partial charge on any atom is 0.151 e. The van der Waals surface area contributed by atoms with E-state index in [1.54, 1.807) is 0 Å². The van der Waals surface area contributed by atoms with E-state index in [0.717, 1.165) is 0 Å². The quantitative estimate of drug-likeness (QED) is 0.856. The number of carbonyl (C=O) groups is 1. The summed E-state index contributed by atoms with van der Waals surface area (Å²) in [6, 6.07) is 3.82. The minimum atomic E-state index is -3.08. The monoisotopic (exact) mass is 290 g/mol. The van der Waals surface area contributed by atoms with Crippen molar-refractivity contribution < 1.29 is 17.6 Å². The number of hydrogen-bond acceptors (Lipinski definition) is 3. The van der Waals surface area contributed by atoms with Gasteiger partial charge in [0, 0.05) is 17.4 Å². The van der Waals surface area contributed by atoms with Crippen molar-refractivity contribution in [3.8, 4) is 0 Å². The van der Waals surface area contributed by atoms with Gasteiger partial charge in [0.1, 0.15) is 11.6 Å². The van der Waals surface area contributed by atoms with Crippen LogP contribution in [0.25, 0.3) is 0 Å². The second kappa shape index (κ2) is 4.97. The number of ketones is 1. The highest BCUT2D eigenvalue weighted by Crippen LogP contribution is 2.23. The molecule has 0 aromatic heterocycles. The van der Waals surface area contributed by atoms with E-state index in [1.807, 2.05) is 0 Å². The van der Waals surface area contributed by atoms with Gasteiger partial charge in [-0.2, -0.15) is 0 Å². The molecule has 0 amide bonds. The Kier molecular flexibility index (Phi) is 3.73. The molecule has 6 heteroatoms. The zero-order chi connectivity index (χ0) is 13.3. The molecule has 1 atom stereocenters. The van der Waals surface area contributed by atoms with Crippen LogP contribution >= 0.6 is 11.6 Å². The summed E-state index contributed by atoms with van der Waals surface area (Å²) in [5.41, 5.74) is 0.408. The topological polar surface area (TPSA) is 51.2 Å². The molecule has 0 aliphatic carbocycles. The van der Waals surface area contributed by atoms with E-state index in [0.29, 0.717) is 17.0 Å². The van der Waals surface area contributed by atoms with Gasteiger partial charge in [-0.05, 0) is 30.2 Å². The molecule has 3 nitrogen and oxygen atoms in total. The van der Waals surface area contributed by atoms with Gasteiger partial charge in [0.15, 0.2) is 9.84 Å². The third kappa shape index (κ3) is 3.09. The lowest BCUT2D eigenvalue weighted by atomic mass is 9.97. The molecule has 0 saturated carbocycles. The Bertz CT molecular complexity index is 583. The number of hydrogen-bond donors (Lipinski definition) is 0. The maximum atomic E-state index is 13.0. The van der Waals surface area contributed by atoms with Crippen molar-refractivity contribution in [2.45, 2.75) is 12.8 Å². The predicted molar refractivity (Wildman–Crippen MR) is 66.9 cm³/mol. The van der Waals surface area contributed by atoms with Crippen molar-refractivity contribution in [1.29, 1.82) is 0 Å². The van der Waals surface area contributed by atoms with Crippen molar-refractivity contribution in [2.24, 2.45) is 5.92 Å². The Morgan fingerprint density at radius 1 is 1.44 bits per heavy atom. The number of carbonyl (C=O) groups excluding carboxylic acids is 1. The van der Waals surface area contributed by atoms with E-state index < -0.39 is 21.6 Å². The standard InChI is InChI=1S/C12H12ClFO3S/c13-11-2-1-10(14)5-9(11)6-12(15)8-3-4-18(16,17)7-8/h1-2,5,8H,3-4,6-7H2. The van der Waals surface area contributed by atoms with Gasteiger partial charge >= 0.3 is 0 Å². The average molecular weight is 291 g/mol. The van der Waals surface area contributed by atoms with Gasteiger partial charge in [-0.1, -0.05) is 11.6 Å². The van der Waals surface area contributed by atoms with Gasteiger partial charge in [-0.3, -0.25) is 4.79 Å². The molecule has 1 saturated heterocycles. The van der Waals surface area contributed by atoms with Crippen LogP contribution in [0, 0.1) is 11.7 Å². The summed E-state index contributed by atoms with van der Waals surface area (Å²) in [6.45, 7) is 0. The van der Waals surface area contributed by atoms with Crippen molar-refractivity contribution in [1.82, 2.24) is 0 Å². The molecule has 2 rings (SSSR count).